The summed E-state index contributed by atoms with van der Waals surface area (Å²) in [5, 5.41) is 11.4. The molecule has 0 fully saturated rings. The summed E-state index contributed by atoms with van der Waals surface area (Å²) in [6.45, 7) is 1.65. The molecule has 0 atom stereocenters. The number of hydrogen-bond acceptors (Lipinski definition) is 4. The summed E-state index contributed by atoms with van der Waals surface area (Å²) in [6, 6.07) is 16.4. The van der Waals surface area contributed by atoms with Crippen molar-refractivity contribution in [3.05, 3.63) is 65.2 Å². The summed E-state index contributed by atoms with van der Waals surface area (Å²) in [7, 11) is 0. The van der Waals surface area contributed by atoms with Gasteiger partial charge in [0.2, 0.25) is 0 Å². The van der Waals surface area contributed by atoms with Gasteiger partial charge >= 0.3 is 5.97 Å². The maximum Gasteiger partial charge on any atom is 0.306 e. The lowest BCUT2D eigenvalue weighted by Crippen LogP contribution is -2.21. The predicted molar refractivity (Wildman–Crippen MR) is 90.2 cm³/mol. The zero-order valence-corrected chi connectivity index (χ0v) is 13.4. The fraction of sp³-hybridized carbons (Fsp3) is 0.211. The molecular formula is C19H18N2O3. The highest BCUT2D eigenvalue weighted by atomic mass is 16.5. The second kappa shape index (κ2) is 8.49. The summed E-state index contributed by atoms with van der Waals surface area (Å²) in [5.41, 5.74) is 3.28. The minimum absolute atomic E-state index is 0.184. The van der Waals surface area contributed by atoms with Gasteiger partial charge in [-0.05, 0) is 43.2 Å². The molecule has 0 aromatic heterocycles. The first kappa shape index (κ1) is 17.2. The number of carbonyl (C=O) groups excluding carboxylic acids is 2. The number of carbonyl (C=O) groups is 2. The highest BCUT2D eigenvalue weighted by Gasteiger charge is 2.08. The fourth-order valence-electron chi connectivity index (χ4n) is 2.04. The van der Waals surface area contributed by atoms with Crippen molar-refractivity contribution in [1.82, 2.24) is 0 Å². The van der Waals surface area contributed by atoms with E-state index in [4.69, 9.17) is 10.00 Å². The van der Waals surface area contributed by atoms with Crippen molar-refractivity contribution in [1.29, 1.82) is 5.26 Å². The van der Waals surface area contributed by atoms with Crippen LogP contribution in [0.2, 0.25) is 0 Å². The average Bonchev–Trinajstić information content (AvgIpc) is 2.60. The summed E-state index contributed by atoms with van der Waals surface area (Å²) in [4.78, 5) is 23.4. The van der Waals surface area contributed by atoms with Crippen LogP contribution in [0, 0.1) is 18.3 Å². The molecule has 2 rings (SSSR count). The summed E-state index contributed by atoms with van der Waals surface area (Å²) < 4.78 is 4.96. The standard InChI is InChI=1S/C19H18N2O3/c1-14-2-9-17(10-3-14)21-18(22)13-24-19(23)11-8-15-4-6-16(12-20)7-5-15/h2-7,9-10H,8,11,13H2,1H3,(H,21,22). The second-order valence-corrected chi connectivity index (χ2v) is 5.38. The number of hydrogen-bond donors (Lipinski definition) is 1. The molecule has 0 aliphatic heterocycles. The van der Waals surface area contributed by atoms with Gasteiger partial charge in [0, 0.05) is 12.1 Å². The number of nitriles is 1. The topological polar surface area (TPSA) is 79.2 Å². The normalized spacial score (nSPS) is 9.83. The Morgan fingerprint density at radius 2 is 1.75 bits per heavy atom. The van der Waals surface area contributed by atoms with Crippen LogP contribution < -0.4 is 5.32 Å². The first-order valence-corrected chi connectivity index (χ1v) is 7.58. The minimum Gasteiger partial charge on any atom is -0.456 e. The molecule has 24 heavy (non-hydrogen) atoms. The average molecular weight is 322 g/mol. The zero-order valence-electron chi connectivity index (χ0n) is 13.4. The molecule has 122 valence electrons. The van der Waals surface area contributed by atoms with Crippen molar-refractivity contribution >= 4 is 17.6 Å². The molecular weight excluding hydrogens is 304 g/mol. The molecule has 0 heterocycles. The number of anilines is 1. The van der Waals surface area contributed by atoms with Crippen LogP contribution in [0.4, 0.5) is 5.69 Å². The number of amides is 1. The highest BCUT2D eigenvalue weighted by molar-refractivity contribution is 5.92. The summed E-state index contributed by atoms with van der Waals surface area (Å²) in [5.74, 6) is -0.802. The van der Waals surface area contributed by atoms with Gasteiger partial charge in [-0.3, -0.25) is 9.59 Å². The molecule has 0 unspecified atom stereocenters. The number of aryl methyl sites for hydroxylation is 2. The van der Waals surface area contributed by atoms with E-state index in [1.165, 1.54) is 0 Å². The third-order valence-corrected chi connectivity index (χ3v) is 3.40. The lowest BCUT2D eigenvalue weighted by molar-refractivity contribution is -0.147. The summed E-state index contributed by atoms with van der Waals surface area (Å²) >= 11 is 0. The highest BCUT2D eigenvalue weighted by Crippen LogP contribution is 2.09. The van der Waals surface area contributed by atoms with Crippen LogP contribution in [0.1, 0.15) is 23.1 Å². The molecule has 0 aliphatic carbocycles. The Morgan fingerprint density at radius 1 is 1.08 bits per heavy atom. The van der Waals surface area contributed by atoms with Crippen LogP contribution in [0.15, 0.2) is 48.5 Å². The molecule has 0 spiro atoms. The molecule has 0 radical (unpaired) electrons. The van der Waals surface area contributed by atoms with Crippen LogP contribution >= 0.6 is 0 Å². The van der Waals surface area contributed by atoms with Crippen LogP contribution in [0.5, 0.6) is 0 Å². The monoisotopic (exact) mass is 322 g/mol. The number of esters is 1. The van der Waals surface area contributed by atoms with Crippen LogP contribution in [0.25, 0.3) is 0 Å². The van der Waals surface area contributed by atoms with E-state index in [0.29, 0.717) is 17.7 Å². The third-order valence-electron chi connectivity index (χ3n) is 3.40. The van der Waals surface area contributed by atoms with Crippen LogP contribution in [-0.2, 0) is 20.7 Å². The van der Waals surface area contributed by atoms with Crippen molar-refractivity contribution in [2.75, 3.05) is 11.9 Å². The molecule has 1 amide bonds. The first-order valence-electron chi connectivity index (χ1n) is 7.58. The SMILES string of the molecule is Cc1ccc(NC(=O)COC(=O)CCc2ccc(C#N)cc2)cc1. The van der Waals surface area contributed by atoms with Gasteiger partial charge in [0.1, 0.15) is 0 Å². The van der Waals surface area contributed by atoms with Gasteiger partial charge in [-0.2, -0.15) is 5.26 Å². The molecule has 5 nitrogen and oxygen atoms in total. The van der Waals surface area contributed by atoms with Gasteiger partial charge < -0.3 is 10.1 Å². The Kier molecular flexibility index (Phi) is 6.09. The Labute approximate surface area is 140 Å². The van der Waals surface area contributed by atoms with Crippen molar-refractivity contribution in [3.8, 4) is 6.07 Å². The fourth-order valence-corrected chi connectivity index (χ4v) is 2.04. The van der Waals surface area contributed by atoms with E-state index in [9.17, 15) is 9.59 Å². The van der Waals surface area contributed by atoms with E-state index < -0.39 is 5.97 Å². The van der Waals surface area contributed by atoms with E-state index in [2.05, 4.69) is 5.32 Å². The molecule has 2 aromatic carbocycles. The van der Waals surface area contributed by atoms with E-state index in [0.717, 1.165) is 11.1 Å². The second-order valence-electron chi connectivity index (χ2n) is 5.38. The molecule has 0 saturated carbocycles. The summed E-state index contributed by atoms with van der Waals surface area (Å²) in [6.07, 6.45) is 0.688. The van der Waals surface area contributed by atoms with Crippen molar-refractivity contribution in [3.63, 3.8) is 0 Å². The van der Waals surface area contributed by atoms with Crippen molar-refractivity contribution < 1.29 is 14.3 Å². The largest absolute Gasteiger partial charge is 0.456 e. The van der Waals surface area contributed by atoms with E-state index in [1.807, 2.05) is 25.1 Å². The number of nitrogens with zero attached hydrogens (tertiary/aromatic N) is 1. The molecule has 0 bridgehead atoms. The Morgan fingerprint density at radius 3 is 2.38 bits per heavy atom. The Balaban J connectivity index is 1.71. The van der Waals surface area contributed by atoms with E-state index >= 15 is 0 Å². The van der Waals surface area contributed by atoms with E-state index in [1.54, 1.807) is 36.4 Å². The third kappa shape index (κ3) is 5.58. The number of nitrogens with one attached hydrogen (secondary N) is 1. The lowest BCUT2D eigenvalue weighted by Gasteiger charge is -2.07. The minimum atomic E-state index is -0.432. The number of benzene rings is 2. The van der Waals surface area contributed by atoms with Gasteiger partial charge in [0.15, 0.2) is 6.61 Å². The molecule has 0 aliphatic rings. The van der Waals surface area contributed by atoms with Gasteiger partial charge in [0.25, 0.3) is 5.91 Å². The quantitative estimate of drug-likeness (QED) is 0.829. The number of ether oxygens (including phenoxy) is 1. The predicted octanol–water partition coefficient (Wildman–Crippen LogP) is 2.98. The maximum atomic E-state index is 11.7. The Hall–Kier alpha value is -3.13. The molecule has 1 N–H and O–H groups in total. The number of rotatable bonds is 6. The van der Waals surface area contributed by atoms with Gasteiger partial charge in [-0.1, -0.05) is 29.8 Å². The lowest BCUT2D eigenvalue weighted by atomic mass is 10.1. The molecule has 5 heteroatoms. The molecule has 2 aromatic rings. The molecule has 0 saturated heterocycles. The van der Waals surface area contributed by atoms with Crippen molar-refractivity contribution in [2.45, 2.75) is 19.8 Å². The maximum absolute atomic E-state index is 11.7. The smallest absolute Gasteiger partial charge is 0.306 e. The van der Waals surface area contributed by atoms with Crippen molar-refractivity contribution in [2.24, 2.45) is 0 Å². The Bertz CT molecular complexity index is 744. The van der Waals surface area contributed by atoms with E-state index in [-0.39, 0.29) is 18.9 Å². The van der Waals surface area contributed by atoms with Crippen LogP contribution in [0.3, 0.4) is 0 Å². The van der Waals surface area contributed by atoms with Gasteiger partial charge in [-0.15, -0.1) is 0 Å². The van der Waals surface area contributed by atoms with Gasteiger partial charge in [-0.25, -0.2) is 0 Å². The first-order chi connectivity index (χ1) is 11.6. The van der Waals surface area contributed by atoms with Gasteiger partial charge in [0.05, 0.1) is 11.6 Å². The zero-order chi connectivity index (χ0) is 17.4. The van der Waals surface area contributed by atoms with Crippen LogP contribution in [-0.4, -0.2) is 18.5 Å².